The van der Waals surface area contributed by atoms with E-state index in [9.17, 15) is 18.4 Å². The van der Waals surface area contributed by atoms with Crippen molar-refractivity contribution in [1.82, 2.24) is 5.16 Å². The van der Waals surface area contributed by atoms with Crippen LogP contribution in [0.1, 0.15) is 24.7 Å². The lowest BCUT2D eigenvalue weighted by molar-refractivity contribution is -0.149. The molecule has 1 atom stereocenters. The summed E-state index contributed by atoms with van der Waals surface area (Å²) in [5.74, 6) is -0.477. The number of aromatic nitrogens is 1. The van der Waals surface area contributed by atoms with Crippen LogP contribution in [0.4, 0.5) is 14.6 Å². The highest BCUT2D eigenvalue weighted by molar-refractivity contribution is 5.96. The van der Waals surface area contributed by atoms with Crippen LogP contribution in [-0.4, -0.2) is 29.7 Å². The molecule has 7 nitrogen and oxygen atoms in total. The minimum absolute atomic E-state index is 0.00976. The summed E-state index contributed by atoms with van der Waals surface area (Å²) in [6.45, 7) is 0.466. The molecule has 1 unspecified atom stereocenters. The van der Waals surface area contributed by atoms with E-state index < -0.39 is 24.6 Å². The molecular weight excluding hydrogens is 362 g/mol. The molecule has 0 saturated heterocycles. The molecule has 1 heterocycles. The van der Waals surface area contributed by atoms with Crippen molar-refractivity contribution in [3.05, 3.63) is 47.7 Å². The van der Waals surface area contributed by atoms with E-state index in [0.29, 0.717) is 11.3 Å². The van der Waals surface area contributed by atoms with Gasteiger partial charge in [0.1, 0.15) is 11.5 Å². The number of anilines is 1. The largest absolute Gasteiger partial charge is 0.449 e. The van der Waals surface area contributed by atoms with E-state index in [2.05, 4.69) is 15.2 Å². The van der Waals surface area contributed by atoms with Crippen LogP contribution in [0, 0.1) is 6.92 Å². The Balaban J connectivity index is 1.90. The van der Waals surface area contributed by atoms with Crippen LogP contribution in [0.2, 0.25) is 0 Å². The average Bonchev–Trinajstić information content (AvgIpc) is 3.03. The fraction of sp³-hybridized carbons (Fsp3) is 0.278. The topological polar surface area (TPSA) is 90.7 Å². The van der Waals surface area contributed by atoms with Crippen LogP contribution in [0.5, 0.6) is 5.75 Å². The fourth-order valence-corrected chi connectivity index (χ4v) is 2.06. The minimum Gasteiger partial charge on any atom is -0.449 e. The summed E-state index contributed by atoms with van der Waals surface area (Å²) in [5, 5.41) is 6.13. The first-order valence-corrected chi connectivity index (χ1v) is 8.05. The van der Waals surface area contributed by atoms with Gasteiger partial charge in [-0.05, 0) is 37.1 Å². The molecule has 0 saturated carbocycles. The molecule has 2 rings (SSSR count). The number of amides is 1. The van der Waals surface area contributed by atoms with E-state index in [1.54, 1.807) is 13.8 Å². The molecule has 9 heteroatoms. The number of esters is 1. The highest BCUT2D eigenvalue weighted by Crippen LogP contribution is 2.16. The first kappa shape index (κ1) is 20.1. The molecule has 0 aliphatic heterocycles. The summed E-state index contributed by atoms with van der Waals surface area (Å²) in [7, 11) is 0. The normalized spacial score (nSPS) is 12.2. The summed E-state index contributed by atoms with van der Waals surface area (Å²) in [6, 6.07) is 7.23. The van der Waals surface area contributed by atoms with Crippen molar-refractivity contribution in [3.8, 4) is 5.75 Å². The molecule has 0 aliphatic carbocycles. The number of alkyl halides is 2. The number of rotatable bonds is 8. The van der Waals surface area contributed by atoms with Crippen molar-refractivity contribution in [2.24, 2.45) is 0 Å². The molecule has 2 aromatic rings. The number of carbonyl (C=O) groups is 2. The number of hydrogen-bond acceptors (Lipinski definition) is 6. The lowest BCUT2D eigenvalue weighted by Crippen LogP contribution is -2.31. The molecule has 27 heavy (non-hydrogen) atoms. The van der Waals surface area contributed by atoms with E-state index in [1.807, 2.05) is 0 Å². The first-order chi connectivity index (χ1) is 12.9. The zero-order chi connectivity index (χ0) is 19.8. The van der Waals surface area contributed by atoms with Gasteiger partial charge >= 0.3 is 12.6 Å². The highest BCUT2D eigenvalue weighted by Gasteiger charge is 2.21. The summed E-state index contributed by atoms with van der Waals surface area (Å²) in [5.41, 5.74) is 0.573. The number of nitrogens with one attached hydrogen (secondary N) is 1. The van der Waals surface area contributed by atoms with Gasteiger partial charge in [0, 0.05) is 12.1 Å². The molecule has 1 aromatic carbocycles. The predicted molar refractivity (Wildman–Crippen MR) is 92.1 cm³/mol. The van der Waals surface area contributed by atoms with Gasteiger partial charge in [-0.15, -0.1) is 0 Å². The van der Waals surface area contributed by atoms with Gasteiger partial charge in [-0.25, -0.2) is 4.79 Å². The number of carbonyl (C=O) groups excluding carboxylic acids is 2. The van der Waals surface area contributed by atoms with E-state index in [1.165, 1.54) is 36.4 Å². The quantitative estimate of drug-likeness (QED) is 0.556. The minimum atomic E-state index is -2.90. The molecule has 0 bridgehead atoms. The number of benzene rings is 1. The molecule has 144 valence electrons. The number of halogens is 2. The van der Waals surface area contributed by atoms with Gasteiger partial charge in [-0.1, -0.05) is 24.2 Å². The Kier molecular flexibility index (Phi) is 7.04. The fourth-order valence-electron chi connectivity index (χ4n) is 2.06. The first-order valence-electron chi connectivity index (χ1n) is 8.05. The standard InChI is InChI=1S/C18H18F2N2O5/c1-3-14(17(24)21-15-10-11(2)27-22-15)26-16(23)9-6-12-4-7-13(8-5-12)25-18(19)20/h4-10,14,18H,3H2,1-2H3,(H,21,22,24)/b9-6+. The van der Waals surface area contributed by atoms with Crippen LogP contribution in [0.15, 0.2) is 40.9 Å². The third-order valence-electron chi connectivity index (χ3n) is 3.32. The Hall–Kier alpha value is -3.23. The van der Waals surface area contributed by atoms with Crippen molar-refractivity contribution in [1.29, 1.82) is 0 Å². The summed E-state index contributed by atoms with van der Waals surface area (Å²) in [6.07, 6.45) is 1.84. The Morgan fingerprint density at radius 2 is 2.00 bits per heavy atom. The number of ether oxygens (including phenoxy) is 2. The molecule has 1 aromatic heterocycles. The third kappa shape index (κ3) is 6.53. The molecular formula is C18H18F2N2O5. The zero-order valence-electron chi connectivity index (χ0n) is 14.6. The Morgan fingerprint density at radius 3 is 2.56 bits per heavy atom. The smallest absolute Gasteiger partial charge is 0.387 e. The monoisotopic (exact) mass is 380 g/mol. The van der Waals surface area contributed by atoms with Crippen LogP contribution in [0.25, 0.3) is 6.08 Å². The second kappa shape index (κ2) is 9.46. The van der Waals surface area contributed by atoms with Gasteiger partial charge in [0.2, 0.25) is 0 Å². The maximum Gasteiger partial charge on any atom is 0.387 e. The summed E-state index contributed by atoms with van der Waals surface area (Å²) < 4.78 is 38.4. The average molecular weight is 380 g/mol. The number of hydrogen-bond donors (Lipinski definition) is 1. The second-order valence-corrected chi connectivity index (χ2v) is 5.43. The van der Waals surface area contributed by atoms with Gasteiger partial charge in [-0.2, -0.15) is 8.78 Å². The molecule has 1 N–H and O–H groups in total. The molecule has 1 amide bonds. The van der Waals surface area contributed by atoms with Crippen LogP contribution in [-0.2, 0) is 14.3 Å². The van der Waals surface area contributed by atoms with Gasteiger partial charge in [0.05, 0.1) is 0 Å². The Bertz CT molecular complexity index is 802. The second-order valence-electron chi connectivity index (χ2n) is 5.43. The summed E-state index contributed by atoms with van der Waals surface area (Å²) in [4.78, 5) is 24.0. The van der Waals surface area contributed by atoms with Crippen LogP contribution >= 0.6 is 0 Å². The predicted octanol–water partition coefficient (Wildman–Crippen LogP) is 3.56. The van der Waals surface area contributed by atoms with Gasteiger partial charge < -0.3 is 19.3 Å². The van der Waals surface area contributed by atoms with E-state index >= 15 is 0 Å². The number of nitrogens with zero attached hydrogens (tertiary/aromatic N) is 1. The van der Waals surface area contributed by atoms with Gasteiger partial charge in [0.25, 0.3) is 5.91 Å². The number of aryl methyl sites for hydroxylation is 1. The van der Waals surface area contributed by atoms with E-state index in [-0.39, 0.29) is 18.0 Å². The van der Waals surface area contributed by atoms with Gasteiger partial charge in [-0.3, -0.25) is 4.79 Å². The molecule has 0 fully saturated rings. The van der Waals surface area contributed by atoms with Crippen molar-refractivity contribution in [2.75, 3.05) is 5.32 Å². The Labute approximate surface area is 153 Å². The third-order valence-corrected chi connectivity index (χ3v) is 3.32. The van der Waals surface area contributed by atoms with E-state index in [4.69, 9.17) is 9.26 Å². The molecule has 0 radical (unpaired) electrons. The molecule has 0 spiro atoms. The van der Waals surface area contributed by atoms with Crippen molar-refractivity contribution < 1.29 is 32.4 Å². The Morgan fingerprint density at radius 1 is 1.30 bits per heavy atom. The zero-order valence-corrected chi connectivity index (χ0v) is 14.6. The van der Waals surface area contributed by atoms with Crippen LogP contribution < -0.4 is 10.1 Å². The van der Waals surface area contributed by atoms with Crippen molar-refractivity contribution in [3.63, 3.8) is 0 Å². The van der Waals surface area contributed by atoms with Gasteiger partial charge in [0.15, 0.2) is 11.9 Å². The van der Waals surface area contributed by atoms with Crippen molar-refractivity contribution >= 4 is 23.8 Å². The maximum atomic E-state index is 12.1. The maximum absolute atomic E-state index is 12.1. The van der Waals surface area contributed by atoms with Crippen LogP contribution in [0.3, 0.4) is 0 Å². The SMILES string of the molecule is CCC(OC(=O)/C=C/c1ccc(OC(F)F)cc1)C(=O)Nc1cc(C)on1. The lowest BCUT2D eigenvalue weighted by atomic mass is 10.2. The highest BCUT2D eigenvalue weighted by atomic mass is 19.3. The van der Waals surface area contributed by atoms with E-state index in [0.717, 1.165) is 6.08 Å². The molecule has 0 aliphatic rings. The summed E-state index contributed by atoms with van der Waals surface area (Å²) >= 11 is 0. The van der Waals surface area contributed by atoms with Crippen molar-refractivity contribution in [2.45, 2.75) is 33.0 Å². The lowest BCUT2D eigenvalue weighted by Gasteiger charge is -2.13.